The first-order valence-corrected chi connectivity index (χ1v) is 10.1. The summed E-state index contributed by atoms with van der Waals surface area (Å²) < 4.78 is 10.1. The molecule has 29 heavy (non-hydrogen) atoms. The summed E-state index contributed by atoms with van der Waals surface area (Å²) in [5.41, 5.74) is 1.20. The van der Waals surface area contributed by atoms with Crippen LogP contribution < -0.4 is 15.4 Å². The molecular weight excluding hydrogens is 392 g/mol. The van der Waals surface area contributed by atoms with Crippen molar-refractivity contribution in [3.63, 3.8) is 0 Å². The van der Waals surface area contributed by atoms with Crippen LogP contribution in [-0.4, -0.2) is 49.8 Å². The Hall–Kier alpha value is -3.00. The van der Waals surface area contributed by atoms with Gasteiger partial charge >= 0.3 is 5.97 Å². The number of esters is 1. The Balaban J connectivity index is 1.51. The van der Waals surface area contributed by atoms with Gasteiger partial charge in [0.05, 0.1) is 0 Å². The molecule has 0 spiro atoms. The van der Waals surface area contributed by atoms with Gasteiger partial charge in [-0.15, -0.1) is 11.8 Å². The molecule has 7 nitrogen and oxygen atoms in total. The second-order valence-corrected chi connectivity index (χ2v) is 7.22. The van der Waals surface area contributed by atoms with E-state index in [0.717, 1.165) is 4.90 Å². The van der Waals surface area contributed by atoms with Crippen LogP contribution in [0.25, 0.3) is 0 Å². The van der Waals surface area contributed by atoms with Crippen molar-refractivity contribution in [1.29, 1.82) is 0 Å². The number of para-hydroxylation sites is 1. The quantitative estimate of drug-likeness (QED) is 0.330. The fourth-order valence-corrected chi connectivity index (χ4v) is 2.90. The van der Waals surface area contributed by atoms with Crippen LogP contribution in [0.1, 0.15) is 5.56 Å². The van der Waals surface area contributed by atoms with Crippen molar-refractivity contribution in [3.8, 4) is 5.75 Å². The largest absolute Gasteiger partial charge is 0.484 e. The highest BCUT2D eigenvalue weighted by Gasteiger charge is 2.10. The van der Waals surface area contributed by atoms with E-state index in [1.165, 1.54) is 5.56 Å². The molecule has 8 heteroatoms. The van der Waals surface area contributed by atoms with Crippen LogP contribution in [0.15, 0.2) is 59.5 Å². The first-order valence-electron chi connectivity index (χ1n) is 9.09. The van der Waals surface area contributed by atoms with Crippen molar-refractivity contribution in [2.75, 3.05) is 32.1 Å². The van der Waals surface area contributed by atoms with Crippen LogP contribution >= 0.6 is 11.8 Å². The van der Waals surface area contributed by atoms with Gasteiger partial charge in [0.25, 0.3) is 11.8 Å². The molecule has 0 atom stereocenters. The summed E-state index contributed by atoms with van der Waals surface area (Å²) in [7, 11) is 0. The first kappa shape index (κ1) is 22.3. The SMILES string of the molecule is Cc1ccc(SCCNC(=O)COC(=O)CNC(=O)COc2ccccc2)cc1. The topological polar surface area (TPSA) is 93.7 Å². The van der Waals surface area contributed by atoms with Crippen LogP contribution in [0.2, 0.25) is 0 Å². The fourth-order valence-electron chi connectivity index (χ4n) is 2.13. The number of benzene rings is 2. The van der Waals surface area contributed by atoms with Crippen LogP contribution in [0.5, 0.6) is 5.75 Å². The number of nitrogens with one attached hydrogen (secondary N) is 2. The van der Waals surface area contributed by atoms with E-state index in [4.69, 9.17) is 9.47 Å². The summed E-state index contributed by atoms with van der Waals surface area (Å²) >= 11 is 1.63. The van der Waals surface area contributed by atoms with Gasteiger partial charge in [-0.2, -0.15) is 0 Å². The Morgan fingerprint density at radius 3 is 2.31 bits per heavy atom. The van der Waals surface area contributed by atoms with E-state index in [9.17, 15) is 14.4 Å². The van der Waals surface area contributed by atoms with Crippen molar-refractivity contribution >= 4 is 29.5 Å². The Morgan fingerprint density at radius 1 is 0.897 bits per heavy atom. The van der Waals surface area contributed by atoms with Gasteiger partial charge in [-0.1, -0.05) is 35.9 Å². The third-order valence-electron chi connectivity index (χ3n) is 3.62. The highest BCUT2D eigenvalue weighted by molar-refractivity contribution is 7.99. The van der Waals surface area contributed by atoms with Crippen LogP contribution in [0.3, 0.4) is 0 Å². The average molecular weight is 416 g/mol. The van der Waals surface area contributed by atoms with E-state index in [-0.39, 0.29) is 25.7 Å². The number of ether oxygens (including phenoxy) is 2. The molecule has 2 aromatic carbocycles. The number of amides is 2. The lowest BCUT2D eigenvalue weighted by molar-refractivity contribution is -0.148. The normalized spacial score (nSPS) is 10.1. The van der Waals surface area contributed by atoms with Crippen molar-refractivity contribution in [2.45, 2.75) is 11.8 Å². The molecule has 0 fully saturated rings. The van der Waals surface area contributed by atoms with Gasteiger partial charge in [0.2, 0.25) is 0 Å². The molecule has 0 aliphatic rings. The van der Waals surface area contributed by atoms with E-state index in [1.807, 2.05) is 37.3 Å². The average Bonchev–Trinajstić information content (AvgIpc) is 2.74. The molecule has 0 aliphatic heterocycles. The molecule has 2 amide bonds. The minimum atomic E-state index is -0.692. The van der Waals surface area contributed by atoms with Crippen LogP contribution in [-0.2, 0) is 19.1 Å². The Bertz CT molecular complexity index is 796. The highest BCUT2D eigenvalue weighted by Crippen LogP contribution is 2.17. The molecule has 2 aromatic rings. The number of hydrogen-bond acceptors (Lipinski definition) is 6. The van der Waals surface area contributed by atoms with Gasteiger partial charge in [0.15, 0.2) is 13.2 Å². The predicted molar refractivity (Wildman–Crippen MR) is 111 cm³/mol. The van der Waals surface area contributed by atoms with Gasteiger partial charge < -0.3 is 20.1 Å². The van der Waals surface area contributed by atoms with Crippen LogP contribution in [0, 0.1) is 6.92 Å². The minimum absolute atomic E-state index is 0.212. The molecule has 0 radical (unpaired) electrons. The van der Waals surface area contributed by atoms with E-state index >= 15 is 0 Å². The van der Waals surface area contributed by atoms with Gasteiger partial charge in [0, 0.05) is 17.2 Å². The molecule has 154 valence electrons. The molecule has 0 unspecified atom stereocenters. The number of carbonyl (C=O) groups is 3. The Kier molecular flexibility index (Phi) is 9.57. The van der Waals surface area contributed by atoms with Crippen molar-refractivity contribution in [1.82, 2.24) is 10.6 Å². The summed E-state index contributed by atoms with van der Waals surface area (Å²) in [5, 5.41) is 5.06. The van der Waals surface area contributed by atoms with Gasteiger partial charge in [-0.3, -0.25) is 14.4 Å². The lowest BCUT2D eigenvalue weighted by Crippen LogP contribution is -2.36. The highest BCUT2D eigenvalue weighted by atomic mass is 32.2. The van der Waals surface area contributed by atoms with Crippen molar-refractivity contribution in [2.24, 2.45) is 0 Å². The zero-order chi connectivity index (χ0) is 20.9. The van der Waals surface area contributed by atoms with E-state index in [2.05, 4.69) is 10.6 Å². The summed E-state index contributed by atoms with van der Waals surface area (Å²) in [5.74, 6) is -0.269. The zero-order valence-corrected chi connectivity index (χ0v) is 17.0. The van der Waals surface area contributed by atoms with Crippen molar-refractivity contribution in [3.05, 3.63) is 60.2 Å². The number of aryl methyl sites for hydroxylation is 1. The second-order valence-electron chi connectivity index (χ2n) is 6.05. The second kappa shape index (κ2) is 12.5. The molecule has 0 bridgehead atoms. The molecule has 2 rings (SSSR count). The van der Waals surface area contributed by atoms with E-state index in [1.54, 1.807) is 36.0 Å². The molecular formula is C21H24N2O5S. The number of carbonyl (C=O) groups excluding carboxylic acids is 3. The number of rotatable bonds is 11. The maximum atomic E-state index is 11.7. The molecule has 0 aromatic heterocycles. The molecule has 0 saturated heterocycles. The lowest BCUT2D eigenvalue weighted by atomic mass is 10.2. The van der Waals surface area contributed by atoms with Crippen molar-refractivity contribution < 1.29 is 23.9 Å². The van der Waals surface area contributed by atoms with Gasteiger partial charge in [-0.25, -0.2) is 0 Å². The predicted octanol–water partition coefficient (Wildman–Crippen LogP) is 1.94. The number of hydrogen-bond donors (Lipinski definition) is 2. The Morgan fingerprint density at radius 2 is 1.59 bits per heavy atom. The third kappa shape index (κ3) is 9.66. The fraction of sp³-hybridized carbons (Fsp3) is 0.286. The maximum Gasteiger partial charge on any atom is 0.325 e. The standard InChI is InChI=1S/C21H24N2O5S/c1-16-7-9-18(10-8-16)29-12-11-22-19(24)15-28-21(26)13-23-20(25)14-27-17-5-3-2-4-6-17/h2-10H,11-15H2,1H3,(H,22,24)(H,23,25). The lowest BCUT2D eigenvalue weighted by Gasteiger charge is -2.08. The van der Waals surface area contributed by atoms with E-state index in [0.29, 0.717) is 18.0 Å². The smallest absolute Gasteiger partial charge is 0.325 e. The number of thioether (sulfide) groups is 1. The van der Waals surface area contributed by atoms with E-state index < -0.39 is 11.9 Å². The Labute approximate surface area is 174 Å². The van der Waals surface area contributed by atoms with Gasteiger partial charge in [-0.05, 0) is 31.2 Å². The molecule has 2 N–H and O–H groups in total. The summed E-state index contributed by atoms with van der Waals surface area (Å²) in [6, 6.07) is 17.0. The maximum absolute atomic E-state index is 11.7. The monoisotopic (exact) mass is 416 g/mol. The zero-order valence-electron chi connectivity index (χ0n) is 16.2. The first-order chi connectivity index (χ1) is 14.0. The summed E-state index contributed by atoms with van der Waals surface area (Å²) in [6.07, 6.45) is 0. The molecule has 0 aliphatic carbocycles. The minimum Gasteiger partial charge on any atom is -0.484 e. The van der Waals surface area contributed by atoms with Gasteiger partial charge in [0.1, 0.15) is 12.3 Å². The molecule has 0 heterocycles. The summed E-state index contributed by atoms with van der Waals surface area (Å²) in [4.78, 5) is 36.1. The molecule has 0 saturated carbocycles. The van der Waals surface area contributed by atoms with Crippen LogP contribution in [0.4, 0.5) is 0 Å². The third-order valence-corrected chi connectivity index (χ3v) is 4.63. The summed E-state index contributed by atoms with van der Waals surface area (Å²) in [6.45, 7) is 1.57.